The molecular weight excluding hydrogens is 356 g/mol. The Morgan fingerprint density at radius 2 is 2.18 bits per heavy atom. The number of carboxylic acid groups (broad SMARTS) is 1. The van der Waals surface area contributed by atoms with Crippen molar-refractivity contribution in [1.29, 1.82) is 0 Å². The fraction of sp³-hybridized carbons (Fsp3) is 0.250. The van der Waals surface area contributed by atoms with Crippen molar-refractivity contribution >= 4 is 28.6 Å². The van der Waals surface area contributed by atoms with Crippen LogP contribution in [-0.4, -0.2) is 22.4 Å². The van der Waals surface area contributed by atoms with Gasteiger partial charge in [0.25, 0.3) is 0 Å². The first-order chi connectivity index (χ1) is 7.74. The second kappa shape index (κ2) is 5.04. The lowest BCUT2D eigenvalue weighted by atomic mass is 10.2. The highest BCUT2D eigenvalue weighted by Gasteiger charge is 2.34. The number of rotatable bonds is 3. The minimum atomic E-state index is -4.98. The van der Waals surface area contributed by atoms with Crippen LogP contribution in [0.5, 0.6) is 5.75 Å². The van der Waals surface area contributed by atoms with Gasteiger partial charge in [0.1, 0.15) is 3.70 Å². The van der Waals surface area contributed by atoms with Gasteiger partial charge in [-0.25, -0.2) is 9.78 Å². The summed E-state index contributed by atoms with van der Waals surface area (Å²) in [5, 5.41) is 8.71. The lowest BCUT2D eigenvalue weighted by molar-refractivity contribution is -0.274. The Morgan fingerprint density at radius 1 is 1.59 bits per heavy atom. The van der Waals surface area contributed by atoms with Crippen molar-refractivity contribution in [2.75, 3.05) is 0 Å². The number of hydrogen-bond donors (Lipinski definition) is 2. The number of nitrogens with two attached hydrogens (primary N) is 1. The minimum absolute atomic E-state index is 0.0701. The van der Waals surface area contributed by atoms with E-state index in [1.54, 1.807) is 22.6 Å². The number of alkyl halides is 3. The van der Waals surface area contributed by atoms with Crippen LogP contribution in [0.4, 0.5) is 13.2 Å². The maximum atomic E-state index is 12.0. The average molecular weight is 362 g/mol. The highest BCUT2D eigenvalue weighted by atomic mass is 127. The smallest absolute Gasteiger partial charge is 0.476 e. The van der Waals surface area contributed by atoms with Crippen molar-refractivity contribution < 1.29 is 27.8 Å². The Hall–Kier alpha value is -1.10. The van der Waals surface area contributed by atoms with Gasteiger partial charge in [-0.05, 0) is 28.7 Å². The molecule has 1 heterocycles. The molecular formula is C8H6F3IN2O3. The Balaban J connectivity index is 3.29. The molecule has 1 rings (SSSR count). The second-order valence-corrected chi connectivity index (χ2v) is 3.86. The van der Waals surface area contributed by atoms with E-state index in [-0.39, 0.29) is 15.8 Å². The van der Waals surface area contributed by atoms with Crippen molar-refractivity contribution in [2.45, 2.75) is 12.9 Å². The molecule has 0 aromatic carbocycles. The molecule has 0 aliphatic rings. The van der Waals surface area contributed by atoms with E-state index in [9.17, 15) is 18.0 Å². The molecule has 3 N–H and O–H groups in total. The summed E-state index contributed by atoms with van der Waals surface area (Å²) in [4.78, 5) is 14.2. The number of ether oxygens (including phenoxy) is 1. The third-order valence-electron chi connectivity index (χ3n) is 1.66. The van der Waals surface area contributed by atoms with Crippen LogP contribution in [0.3, 0.4) is 0 Å². The molecule has 0 saturated heterocycles. The van der Waals surface area contributed by atoms with Gasteiger partial charge in [0.05, 0.1) is 0 Å². The van der Waals surface area contributed by atoms with Crippen LogP contribution in [0.2, 0.25) is 0 Å². The van der Waals surface area contributed by atoms with Crippen LogP contribution in [-0.2, 0) is 6.54 Å². The first-order valence-corrected chi connectivity index (χ1v) is 5.21. The van der Waals surface area contributed by atoms with Gasteiger partial charge in [0.15, 0.2) is 11.4 Å². The van der Waals surface area contributed by atoms with Crippen molar-refractivity contribution in [3.8, 4) is 5.75 Å². The van der Waals surface area contributed by atoms with E-state index in [1.807, 2.05) is 0 Å². The fourth-order valence-electron chi connectivity index (χ4n) is 1.01. The maximum absolute atomic E-state index is 12.0. The molecule has 5 nitrogen and oxygen atoms in total. The molecule has 0 atom stereocenters. The Kier molecular flexibility index (Phi) is 4.14. The molecule has 0 amide bonds. The quantitative estimate of drug-likeness (QED) is 0.632. The zero-order chi connectivity index (χ0) is 13.2. The van der Waals surface area contributed by atoms with Gasteiger partial charge in [-0.3, -0.25) is 0 Å². The van der Waals surface area contributed by atoms with Crippen LogP contribution in [0, 0.1) is 3.70 Å². The van der Waals surface area contributed by atoms with Crippen molar-refractivity contribution in [2.24, 2.45) is 5.73 Å². The van der Waals surface area contributed by atoms with Crippen LogP contribution < -0.4 is 10.5 Å². The summed E-state index contributed by atoms with van der Waals surface area (Å²) in [6.45, 7) is -0.0701. The lowest BCUT2D eigenvalue weighted by Crippen LogP contribution is -2.20. The molecule has 0 bridgehead atoms. The van der Waals surface area contributed by atoms with Gasteiger partial charge in [-0.2, -0.15) is 0 Å². The van der Waals surface area contributed by atoms with E-state index >= 15 is 0 Å². The molecule has 1 aromatic heterocycles. The van der Waals surface area contributed by atoms with E-state index in [1.165, 1.54) is 0 Å². The number of pyridine rings is 1. The molecule has 0 fully saturated rings. The lowest BCUT2D eigenvalue weighted by Gasteiger charge is -2.12. The molecule has 94 valence electrons. The van der Waals surface area contributed by atoms with Gasteiger partial charge in [-0.15, -0.1) is 13.2 Å². The molecule has 0 unspecified atom stereocenters. The van der Waals surface area contributed by atoms with Crippen LogP contribution >= 0.6 is 22.6 Å². The summed E-state index contributed by atoms with van der Waals surface area (Å²) in [5.74, 6) is -2.48. The van der Waals surface area contributed by atoms with Gasteiger partial charge in [0.2, 0.25) is 0 Å². The van der Waals surface area contributed by atoms with Crippen molar-refractivity contribution in [3.05, 3.63) is 21.0 Å². The van der Waals surface area contributed by atoms with E-state index in [0.717, 1.165) is 6.07 Å². The fourth-order valence-corrected chi connectivity index (χ4v) is 1.63. The summed E-state index contributed by atoms with van der Waals surface area (Å²) in [6.07, 6.45) is -4.98. The number of carbonyl (C=O) groups is 1. The standard InChI is InChI=1S/C8H6F3IN2O3/c9-8(10,11)17-4-1-3(2-13)6(12)14-5(4)7(15)16/h1H,2,13H2,(H,15,16). The van der Waals surface area contributed by atoms with E-state index < -0.39 is 23.8 Å². The topological polar surface area (TPSA) is 85.4 Å². The minimum Gasteiger partial charge on any atom is -0.476 e. The summed E-state index contributed by atoms with van der Waals surface area (Å²) in [5.41, 5.74) is 4.75. The van der Waals surface area contributed by atoms with E-state index in [4.69, 9.17) is 10.8 Å². The van der Waals surface area contributed by atoms with E-state index in [2.05, 4.69) is 9.72 Å². The van der Waals surface area contributed by atoms with Crippen LogP contribution in [0.15, 0.2) is 6.07 Å². The average Bonchev–Trinajstić information content (AvgIpc) is 2.17. The zero-order valence-corrected chi connectivity index (χ0v) is 10.2. The summed E-state index contributed by atoms with van der Waals surface area (Å²) < 4.78 is 39.9. The zero-order valence-electron chi connectivity index (χ0n) is 8.08. The molecule has 0 aliphatic carbocycles. The number of aromatic carboxylic acids is 1. The summed E-state index contributed by atoms with van der Waals surface area (Å²) in [7, 11) is 0. The van der Waals surface area contributed by atoms with Crippen LogP contribution in [0.25, 0.3) is 0 Å². The number of aromatic nitrogens is 1. The van der Waals surface area contributed by atoms with Crippen molar-refractivity contribution in [1.82, 2.24) is 4.98 Å². The first-order valence-electron chi connectivity index (χ1n) is 4.13. The summed E-state index contributed by atoms with van der Waals surface area (Å²) in [6, 6.07) is 0.922. The Bertz CT molecular complexity index is 450. The van der Waals surface area contributed by atoms with Crippen LogP contribution in [0.1, 0.15) is 16.1 Å². The Labute approximate surface area is 107 Å². The number of nitrogens with zero attached hydrogens (tertiary/aromatic N) is 1. The third kappa shape index (κ3) is 3.70. The maximum Gasteiger partial charge on any atom is 0.573 e. The third-order valence-corrected chi connectivity index (χ3v) is 2.60. The predicted octanol–water partition coefficient (Wildman–Crippen LogP) is 1.74. The monoisotopic (exact) mass is 362 g/mol. The first kappa shape index (κ1) is 14.0. The predicted molar refractivity (Wildman–Crippen MR) is 58.5 cm³/mol. The second-order valence-electron chi connectivity index (χ2n) is 2.84. The van der Waals surface area contributed by atoms with Gasteiger partial charge >= 0.3 is 12.3 Å². The Morgan fingerprint density at radius 3 is 2.59 bits per heavy atom. The molecule has 1 aromatic rings. The normalized spacial score (nSPS) is 11.4. The highest BCUT2D eigenvalue weighted by Crippen LogP contribution is 2.28. The molecule has 0 saturated carbocycles. The molecule has 17 heavy (non-hydrogen) atoms. The summed E-state index contributed by atoms with van der Waals surface area (Å²) >= 11 is 1.68. The molecule has 0 aliphatic heterocycles. The SMILES string of the molecule is NCc1cc(OC(F)(F)F)c(C(=O)O)nc1I. The molecule has 0 spiro atoms. The number of hydrogen-bond acceptors (Lipinski definition) is 4. The van der Waals surface area contributed by atoms with Gasteiger partial charge in [-0.1, -0.05) is 0 Å². The highest BCUT2D eigenvalue weighted by molar-refractivity contribution is 14.1. The number of carboxylic acids is 1. The molecule has 9 heteroatoms. The largest absolute Gasteiger partial charge is 0.573 e. The van der Waals surface area contributed by atoms with E-state index in [0.29, 0.717) is 0 Å². The van der Waals surface area contributed by atoms with Gasteiger partial charge < -0.3 is 15.6 Å². The van der Waals surface area contributed by atoms with Gasteiger partial charge in [0, 0.05) is 12.1 Å². The van der Waals surface area contributed by atoms with Crippen molar-refractivity contribution in [3.63, 3.8) is 0 Å². The molecule has 0 radical (unpaired) electrons. The number of halogens is 4.